The Balaban J connectivity index is 1.68. The number of rotatable bonds is 1. The summed E-state index contributed by atoms with van der Waals surface area (Å²) >= 11 is 0. The van der Waals surface area contributed by atoms with E-state index in [9.17, 15) is 9.59 Å². The average molecular weight is 284 g/mol. The molecule has 1 aromatic rings. The van der Waals surface area contributed by atoms with E-state index < -0.39 is 17.9 Å². The number of fused-ring (bicyclic) bond motifs is 3. The van der Waals surface area contributed by atoms with Crippen molar-refractivity contribution in [3.05, 3.63) is 47.5 Å². The van der Waals surface area contributed by atoms with Crippen LogP contribution in [0, 0.1) is 17.8 Å². The van der Waals surface area contributed by atoms with Gasteiger partial charge in [-0.15, -0.1) is 0 Å². The number of cyclic esters (lactones) is 2. The zero-order valence-electron chi connectivity index (χ0n) is 11.7. The van der Waals surface area contributed by atoms with Crippen LogP contribution >= 0.6 is 0 Å². The minimum absolute atomic E-state index is 0.0262. The fraction of sp³-hybridized carbons (Fsp3) is 0.412. The maximum Gasteiger partial charge on any atom is 0.320 e. The highest BCUT2D eigenvalue weighted by atomic mass is 16.6. The van der Waals surface area contributed by atoms with Crippen LogP contribution in [-0.2, 0) is 19.1 Å². The molecule has 2 heterocycles. The number of carbonyl (C=O) groups excluding carboxylic acids is 2. The van der Waals surface area contributed by atoms with E-state index in [-0.39, 0.29) is 24.0 Å². The molecule has 2 aliphatic heterocycles. The Morgan fingerprint density at radius 2 is 1.76 bits per heavy atom. The van der Waals surface area contributed by atoms with E-state index in [2.05, 4.69) is 6.08 Å². The predicted octanol–water partition coefficient (Wildman–Crippen LogP) is 2.41. The van der Waals surface area contributed by atoms with Gasteiger partial charge in [0, 0.05) is 6.42 Å². The summed E-state index contributed by atoms with van der Waals surface area (Å²) in [6.07, 6.45) is 2.52. The molecule has 0 spiro atoms. The zero-order chi connectivity index (χ0) is 14.6. The van der Waals surface area contributed by atoms with Crippen molar-refractivity contribution in [3.8, 4) is 0 Å². The summed E-state index contributed by atoms with van der Waals surface area (Å²) in [5, 5.41) is 0. The van der Waals surface area contributed by atoms with Crippen LogP contribution in [0.2, 0.25) is 0 Å². The number of carbonyl (C=O) groups is 2. The highest BCUT2D eigenvalue weighted by molar-refractivity contribution is 5.97. The summed E-state index contributed by atoms with van der Waals surface area (Å²) < 4.78 is 10.9. The number of benzene rings is 1. The lowest BCUT2D eigenvalue weighted by atomic mass is 9.73. The fourth-order valence-electron chi connectivity index (χ4n) is 3.81. The standard InChI is InChI=1S/C17H16O4/c1-9-7-11-8-12(10-5-3-2-4-6-10)20-15(11)14-13(9)16(18)21-17(14)19/h2-7,9,12-15H,8H2,1H3/t9-,12+,13-,14-,15+/m0/s1. The van der Waals surface area contributed by atoms with Gasteiger partial charge in [0.1, 0.15) is 5.92 Å². The summed E-state index contributed by atoms with van der Waals surface area (Å²) in [6.45, 7) is 1.97. The molecule has 0 amide bonds. The van der Waals surface area contributed by atoms with Gasteiger partial charge < -0.3 is 9.47 Å². The third-order valence-electron chi connectivity index (χ3n) is 4.77. The third kappa shape index (κ3) is 1.86. The van der Waals surface area contributed by atoms with E-state index in [1.165, 1.54) is 0 Å². The molecule has 4 heteroatoms. The average Bonchev–Trinajstić information content (AvgIpc) is 3.01. The highest BCUT2D eigenvalue weighted by Crippen LogP contribution is 2.49. The van der Waals surface area contributed by atoms with Gasteiger partial charge in [-0.25, -0.2) is 0 Å². The first-order valence-electron chi connectivity index (χ1n) is 7.31. The Bertz CT molecular complexity index is 633. The monoisotopic (exact) mass is 284 g/mol. The SMILES string of the molecule is C[C@H]1C=C2C[C@H](c3ccccc3)O[C@H]2[C@H]2C(=O)OC(=O)[C@H]21. The molecular weight excluding hydrogens is 268 g/mol. The Morgan fingerprint density at radius 3 is 2.52 bits per heavy atom. The van der Waals surface area contributed by atoms with Gasteiger partial charge in [-0.3, -0.25) is 9.59 Å². The van der Waals surface area contributed by atoms with Crippen LogP contribution in [0.5, 0.6) is 0 Å². The van der Waals surface area contributed by atoms with Crippen molar-refractivity contribution in [2.75, 3.05) is 0 Å². The summed E-state index contributed by atoms with van der Waals surface area (Å²) in [5.74, 6) is -1.67. The van der Waals surface area contributed by atoms with Crippen molar-refractivity contribution in [3.63, 3.8) is 0 Å². The van der Waals surface area contributed by atoms with Crippen molar-refractivity contribution in [1.29, 1.82) is 0 Å². The van der Waals surface area contributed by atoms with Crippen LogP contribution in [0.4, 0.5) is 0 Å². The zero-order valence-corrected chi connectivity index (χ0v) is 11.7. The first kappa shape index (κ1) is 12.8. The van der Waals surface area contributed by atoms with E-state index in [0.717, 1.165) is 17.6 Å². The molecule has 3 aliphatic rings. The van der Waals surface area contributed by atoms with Gasteiger partial charge in [0.15, 0.2) is 0 Å². The van der Waals surface area contributed by atoms with Crippen LogP contribution in [0.25, 0.3) is 0 Å². The molecule has 4 nitrogen and oxygen atoms in total. The Hall–Kier alpha value is -1.94. The number of esters is 2. The maximum absolute atomic E-state index is 12.0. The predicted molar refractivity (Wildman–Crippen MR) is 74.0 cm³/mol. The maximum atomic E-state index is 12.0. The molecule has 5 atom stereocenters. The summed E-state index contributed by atoms with van der Waals surface area (Å²) in [6, 6.07) is 9.99. The van der Waals surface area contributed by atoms with E-state index in [1.54, 1.807) is 0 Å². The molecule has 4 rings (SSSR count). The van der Waals surface area contributed by atoms with Gasteiger partial charge in [-0.05, 0) is 17.1 Å². The summed E-state index contributed by atoms with van der Waals surface area (Å²) in [7, 11) is 0. The molecule has 1 aromatic carbocycles. The van der Waals surface area contributed by atoms with Gasteiger partial charge >= 0.3 is 11.9 Å². The Labute approximate surface area is 122 Å². The summed E-state index contributed by atoms with van der Waals surface area (Å²) in [4.78, 5) is 23.8. The molecule has 0 unspecified atom stereocenters. The lowest BCUT2D eigenvalue weighted by Gasteiger charge is -2.29. The second-order valence-electron chi connectivity index (χ2n) is 6.05. The topological polar surface area (TPSA) is 52.6 Å². The van der Waals surface area contributed by atoms with Gasteiger partial charge in [-0.2, -0.15) is 0 Å². The number of allylic oxidation sites excluding steroid dienone is 1. The van der Waals surface area contributed by atoms with E-state index in [0.29, 0.717) is 0 Å². The molecular formula is C17H16O4. The highest BCUT2D eigenvalue weighted by Gasteiger charge is 2.56. The minimum atomic E-state index is -0.471. The van der Waals surface area contributed by atoms with Crippen LogP contribution in [0.1, 0.15) is 25.0 Å². The Morgan fingerprint density at radius 1 is 1.05 bits per heavy atom. The molecule has 0 bridgehead atoms. The second-order valence-corrected chi connectivity index (χ2v) is 6.05. The van der Waals surface area contributed by atoms with E-state index >= 15 is 0 Å². The lowest BCUT2D eigenvalue weighted by Crippen LogP contribution is -2.37. The molecule has 2 saturated heterocycles. The van der Waals surface area contributed by atoms with Gasteiger partial charge in [0.25, 0.3) is 0 Å². The second kappa shape index (κ2) is 4.53. The van der Waals surface area contributed by atoms with Crippen LogP contribution in [-0.4, -0.2) is 18.0 Å². The van der Waals surface area contributed by atoms with E-state index in [1.807, 2.05) is 37.3 Å². The van der Waals surface area contributed by atoms with Gasteiger partial charge in [-0.1, -0.05) is 43.3 Å². The number of ether oxygens (including phenoxy) is 2. The molecule has 21 heavy (non-hydrogen) atoms. The van der Waals surface area contributed by atoms with Crippen LogP contribution < -0.4 is 0 Å². The fourth-order valence-corrected chi connectivity index (χ4v) is 3.81. The lowest BCUT2D eigenvalue weighted by molar-refractivity contribution is -0.154. The molecule has 0 radical (unpaired) electrons. The van der Waals surface area contributed by atoms with Crippen molar-refractivity contribution in [1.82, 2.24) is 0 Å². The van der Waals surface area contributed by atoms with Crippen molar-refractivity contribution < 1.29 is 19.1 Å². The van der Waals surface area contributed by atoms with Crippen molar-refractivity contribution >= 4 is 11.9 Å². The van der Waals surface area contributed by atoms with Gasteiger partial charge in [0.2, 0.25) is 0 Å². The van der Waals surface area contributed by atoms with Crippen molar-refractivity contribution in [2.24, 2.45) is 17.8 Å². The molecule has 1 aliphatic carbocycles. The number of hydrogen-bond acceptors (Lipinski definition) is 4. The Kier molecular flexibility index (Phi) is 2.76. The smallest absolute Gasteiger partial charge is 0.320 e. The molecule has 0 N–H and O–H groups in total. The molecule has 2 fully saturated rings. The van der Waals surface area contributed by atoms with E-state index in [4.69, 9.17) is 9.47 Å². The van der Waals surface area contributed by atoms with Gasteiger partial charge in [0.05, 0.1) is 18.1 Å². The third-order valence-corrected chi connectivity index (χ3v) is 4.77. The van der Waals surface area contributed by atoms with Crippen LogP contribution in [0.3, 0.4) is 0 Å². The van der Waals surface area contributed by atoms with Crippen molar-refractivity contribution in [2.45, 2.75) is 25.6 Å². The largest absolute Gasteiger partial charge is 0.393 e. The molecule has 0 aromatic heterocycles. The first-order chi connectivity index (χ1) is 10.1. The van der Waals surface area contributed by atoms with Crippen LogP contribution in [0.15, 0.2) is 42.0 Å². The first-order valence-corrected chi connectivity index (χ1v) is 7.31. The number of hydrogen-bond donors (Lipinski definition) is 0. The summed E-state index contributed by atoms with van der Waals surface area (Å²) in [5.41, 5.74) is 2.24. The quantitative estimate of drug-likeness (QED) is 0.451. The normalized spacial score (nSPS) is 37.8. The minimum Gasteiger partial charge on any atom is -0.393 e. The molecule has 108 valence electrons. The molecule has 0 saturated carbocycles.